The third-order valence-electron chi connectivity index (χ3n) is 0.988. The van der Waals surface area contributed by atoms with E-state index in [1.54, 1.807) is 0 Å². The molecule has 0 aliphatic heterocycles. The Kier molecular flexibility index (Phi) is 5.40. The minimum atomic E-state index is -4.30. The Balaban J connectivity index is 3.13. The number of primary amides is 1. The molecule has 7 heteroatoms. The Morgan fingerprint density at radius 1 is 1.46 bits per heavy atom. The van der Waals surface area contributed by atoms with Crippen LogP contribution in [-0.4, -0.2) is 38.4 Å². The van der Waals surface area contributed by atoms with Crippen molar-refractivity contribution in [3.8, 4) is 0 Å². The fourth-order valence-electron chi connectivity index (χ4n) is 0.544. The van der Waals surface area contributed by atoms with E-state index in [1.165, 1.54) is 0 Å². The van der Waals surface area contributed by atoms with Crippen LogP contribution in [0.4, 0.5) is 13.2 Å². The summed E-state index contributed by atoms with van der Waals surface area (Å²) in [7, 11) is 0. The molecule has 0 saturated heterocycles. The number of hydrogen-bond acceptors (Lipinski definition) is 3. The van der Waals surface area contributed by atoms with Gasteiger partial charge >= 0.3 is 6.18 Å². The monoisotopic (exact) mass is 200 g/mol. The lowest BCUT2D eigenvalue weighted by molar-refractivity contribution is -0.173. The smallest absolute Gasteiger partial charge is 0.371 e. The molecule has 0 aromatic carbocycles. The van der Waals surface area contributed by atoms with Crippen LogP contribution in [0.3, 0.4) is 0 Å². The van der Waals surface area contributed by atoms with Gasteiger partial charge in [0.15, 0.2) is 0 Å². The quantitative estimate of drug-likeness (QED) is 0.575. The van der Waals surface area contributed by atoms with Crippen LogP contribution in [0.25, 0.3) is 0 Å². The molecule has 1 amide bonds. The van der Waals surface area contributed by atoms with Gasteiger partial charge in [-0.25, -0.2) is 0 Å². The molecule has 0 heterocycles. The lowest BCUT2D eigenvalue weighted by Crippen LogP contribution is -2.31. The topological polar surface area (TPSA) is 64.4 Å². The Bertz CT molecular complexity index is 160. The van der Waals surface area contributed by atoms with Gasteiger partial charge in [0, 0.05) is 6.54 Å². The van der Waals surface area contributed by atoms with Crippen LogP contribution in [-0.2, 0) is 9.53 Å². The third-order valence-corrected chi connectivity index (χ3v) is 0.988. The summed E-state index contributed by atoms with van der Waals surface area (Å²) in [5.74, 6) is -0.559. The van der Waals surface area contributed by atoms with Crippen molar-refractivity contribution in [2.75, 3.05) is 26.3 Å². The average Bonchev–Trinajstić information content (AvgIpc) is 1.93. The number of ether oxygens (including phenoxy) is 1. The summed E-state index contributed by atoms with van der Waals surface area (Å²) in [6.07, 6.45) is -4.30. The molecule has 0 aliphatic rings. The summed E-state index contributed by atoms with van der Waals surface area (Å²) < 4.78 is 38.7. The molecule has 0 spiro atoms. The second kappa shape index (κ2) is 5.76. The molecule has 0 aromatic heterocycles. The van der Waals surface area contributed by atoms with Crippen molar-refractivity contribution in [2.45, 2.75) is 6.18 Å². The first-order valence-electron chi connectivity index (χ1n) is 3.55. The zero-order valence-electron chi connectivity index (χ0n) is 6.86. The Morgan fingerprint density at radius 3 is 2.54 bits per heavy atom. The van der Waals surface area contributed by atoms with E-state index in [9.17, 15) is 18.0 Å². The molecule has 0 rings (SSSR count). The van der Waals surface area contributed by atoms with Crippen LogP contribution in [0.5, 0.6) is 0 Å². The van der Waals surface area contributed by atoms with Crippen molar-refractivity contribution in [2.24, 2.45) is 5.73 Å². The van der Waals surface area contributed by atoms with E-state index >= 15 is 0 Å². The van der Waals surface area contributed by atoms with Gasteiger partial charge in [0.05, 0.1) is 13.2 Å². The molecule has 0 saturated carbocycles. The van der Waals surface area contributed by atoms with E-state index < -0.39 is 18.7 Å². The van der Waals surface area contributed by atoms with Gasteiger partial charge in [0.2, 0.25) is 5.91 Å². The maximum atomic E-state index is 11.5. The Labute approximate surface area is 73.2 Å². The maximum absolute atomic E-state index is 11.5. The molecule has 13 heavy (non-hydrogen) atoms. The van der Waals surface area contributed by atoms with E-state index in [0.29, 0.717) is 0 Å². The number of nitrogens with one attached hydrogen (secondary N) is 1. The number of hydrogen-bond donors (Lipinski definition) is 2. The van der Waals surface area contributed by atoms with Gasteiger partial charge in [0.1, 0.15) is 6.61 Å². The van der Waals surface area contributed by atoms with Crippen molar-refractivity contribution < 1.29 is 22.7 Å². The first-order chi connectivity index (χ1) is 5.92. The van der Waals surface area contributed by atoms with E-state index in [-0.39, 0.29) is 19.7 Å². The van der Waals surface area contributed by atoms with Crippen LogP contribution in [0.2, 0.25) is 0 Å². The molecule has 0 aromatic rings. The molecule has 0 atom stereocenters. The summed E-state index contributed by atoms with van der Waals surface area (Å²) in [5.41, 5.74) is 4.75. The second-order valence-electron chi connectivity index (χ2n) is 2.31. The molecule has 78 valence electrons. The van der Waals surface area contributed by atoms with Gasteiger partial charge in [-0.05, 0) is 0 Å². The molecular weight excluding hydrogens is 189 g/mol. The molecular formula is C6H11F3N2O2. The lowest BCUT2D eigenvalue weighted by atomic mass is 10.5. The first-order valence-corrected chi connectivity index (χ1v) is 3.55. The average molecular weight is 200 g/mol. The van der Waals surface area contributed by atoms with Crippen LogP contribution < -0.4 is 11.1 Å². The number of halogens is 3. The number of carbonyl (C=O) groups excluding carboxylic acids is 1. The lowest BCUT2D eigenvalue weighted by Gasteiger charge is -2.07. The highest BCUT2D eigenvalue weighted by Gasteiger charge is 2.27. The van der Waals surface area contributed by atoms with E-state index in [1.807, 2.05) is 0 Å². The number of amides is 1. The second-order valence-corrected chi connectivity index (χ2v) is 2.31. The Hall–Kier alpha value is -0.820. The zero-order chi connectivity index (χ0) is 10.3. The number of rotatable bonds is 6. The number of carbonyl (C=O) groups is 1. The van der Waals surface area contributed by atoms with Gasteiger partial charge in [-0.15, -0.1) is 0 Å². The molecule has 3 N–H and O–H groups in total. The zero-order valence-corrected chi connectivity index (χ0v) is 6.86. The predicted molar refractivity (Wildman–Crippen MR) is 38.9 cm³/mol. The van der Waals surface area contributed by atoms with Gasteiger partial charge < -0.3 is 15.8 Å². The van der Waals surface area contributed by atoms with E-state index in [4.69, 9.17) is 5.73 Å². The maximum Gasteiger partial charge on any atom is 0.411 e. The van der Waals surface area contributed by atoms with E-state index in [0.717, 1.165) is 0 Å². The number of alkyl halides is 3. The first kappa shape index (κ1) is 12.2. The predicted octanol–water partition coefficient (Wildman–Crippen LogP) is -0.360. The van der Waals surface area contributed by atoms with Crippen LogP contribution in [0.15, 0.2) is 0 Å². The van der Waals surface area contributed by atoms with Crippen molar-refractivity contribution in [1.82, 2.24) is 5.32 Å². The van der Waals surface area contributed by atoms with Gasteiger partial charge in [0.25, 0.3) is 0 Å². The summed E-state index contributed by atoms with van der Waals surface area (Å²) in [6.45, 7) is -1.27. The van der Waals surface area contributed by atoms with E-state index in [2.05, 4.69) is 10.1 Å². The Morgan fingerprint density at radius 2 is 2.08 bits per heavy atom. The van der Waals surface area contributed by atoms with Gasteiger partial charge in [-0.1, -0.05) is 0 Å². The summed E-state index contributed by atoms with van der Waals surface area (Å²) in [4.78, 5) is 10.1. The van der Waals surface area contributed by atoms with Crippen LogP contribution in [0, 0.1) is 0 Å². The third kappa shape index (κ3) is 11.2. The normalized spacial score (nSPS) is 11.6. The van der Waals surface area contributed by atoms with Crippen molar-refractivity contribution >= 4 is 5.91 Å². The molecule has 4 nitrogen and oxygen atoms in total. The van der Waals surface area contributed by atoms with Gasteiger partial charge in [-0.3, -0.25) is 4.79 Å². The van der Waals surface area contributed by atoms with Crippen LogP contribution >= 0.6 is 0 Å². The minimum Gasteiger partial charge on any atom is -0.371 e. The minimum absolute atomic E-state index is 0.0601. The van der Waals surface area contributed by atoms with Gasteiger partial charge in [-0.2, -0.15) is 13.2 Å². The summed E-state index contributed by atoms with van der Waals surface area (Å²) in [5, 5.41) is 2.50. The fourth-order valence-corrected chi connectivity index (χ4v) is 0.544. The van der Waals surface area contributed by atoms with Crippen LogP contribution in [0.1, 0.15) is 0 Å². The number of nitrogens with two attached hydrogens (primary N) is 1. The largest absolute Gasteiger partial charge is 0.411 e. The highest BCUT2D eigenvalue weighted by atomic mass is 19.4. The molecule has 0 bridgehead atoms. The van der Waals surface area contributed by atoms with Crippen molar-refractivity contribution in [3.63, 3.8) is 0 Å². The summed E-state index contributed by atoms with van der Waals surface area (Å²) >= 11 is 0. The molecule has 0 unspecified atom stereocenters. The van der Waals surface area contributed by atoms with Crippen molar-refractivity contribution in [1.29, 1.82) is 0 Å². The fraction of sp³-hybridized carbons (Fsp3) is 0.833. The molecule has 0 fully saturated rings. The SMILES string of the molecule is NC(=O)CNCCOCC(F)(F)F. The summed E-state index contributed by atoms with van der Waals surface area (Å²) in [6, 6.07) is 0. The standard InChI is InChI=1S/C6H11F3N2O2/c7-6(8,9)4-13-2-1-11-3-5(10)12/h11H,1-4H2,(H2,10,12). The molecule has 0 radical (unpaired) electrons. The molecule has 0 aliphatic carbocycles. The highest BCUT2D eigenvalue weighted by Crippen LogP contribution is 2.13. The van der Waals surface area contributed by atoms with Crippen molar-refractivity contribution in [3.05, 3.63) is 0 Å². The highest BCUT2D eigenvalue weighted by molar-refractivity contribution is 5.75.